The number of rotatable bonds is 2. The van der Waals surface area contributed by atoms with Crippen molar-refractivity contribution in [1.82, 2.24) is 0 Å². The highest BCUT2D eigenvalue weighted by Gasteiger charge is 2.17. The molecule has 0 fully saturated rings. The predicted molar refractivity (Wildman–Crippen MR) is 70.5 cm³/mol. The van der Waals surface area contributed by atoms with Crippen LogP contribution in [0.15, 0.2) is 22.1 Å². The van der Waals surface area contributed by atoms with Gasteiger partial charge in [0.1, 0.15) is 4.90 Å². The van der Waals surface area contributed by atoms with Crippen LogP contribution >= 0.6 is 45.2 Å². The monoisotopic (exact) mass is 451 g/mol. The minimum atomic E-state index is -4.23. The SMILES string of the molecule is [N-]=[N+]=Nc1ccc(S(=O)(=O)O)c(I)c1I. The van der Waals surface area contributed by atoms with Gasteiger partial charge in [0.2, 0.25) is 0 Å². The number of azide groups is 1. The largest absolute Gasteiger partial charge is 0.295 e. The van der Waals surface area contributed by atoms with E-state index in [4.69, 9.17) is 10.1 Å². The summed E-state index contributed by atoms with van der Waals surface area (Å²) in [5.74, 6) is 0. The highest BCUT2D eigenvalue weighted by molar-refractivity contribution is 14.1. The Bertz CT molecular complexity index is 551. The summed E-state index contributed by atoms with van der Waals surface area (Å²) >= 11 is 3.61. The lowest BCUT2D eigenvalue weighted by Gasteiger charge is -2.05. The van der Waals surface area contributed by atoms with Gasteiger partial charge in [0.05, 0.1) is 5.69 Å². The summed E-state index contributed by atoms with van der Waals surface area (Å²) in [4.78, 5) is 2.41. The van der Waals surface area contributed by atoms with E-state index in [1.807, 2.05) is 22.6 Å². The zero-order valence-corrected chi connectivity index (χ0v) is 12.1. The Morgan fingerprint density at radius 2 is 1.93 bits per heavy atom. The van der Waals surface area contributed by atoms with Crippen LogP contribution in [0.4, 0.5) is 5.69 Å². The Balaban J connectivity index is 3.54. The van der Waals surface area contributed by atoms with Crippen molar-refractivity contribution in [3.63, 3.8) is 0 Å². The molecule has 0 aromatic heterocycles. The van der Waals surface area contributed by atoms with Crippen LogP contribution in [0.3, 0.4) is 0 Å². The smallest absolute Gasteiger partial charge is 0.282 e. The van der Waals surface area contributed by atoms with Crippen LogP contribution in [0, 0.1) is 7.14 Å². The van der Waals surface area contributed by atoms with Gasteiger partial charge in [-0.3, -0.25) is 4.55 Å². The quantitative estimate of drug-likeness (QED) is 0.246. The molecule has 0 aliphatic heterocycles. The normalized spacial score (nSPS) is 10.9. The Kier molecular flexibility index (Phi) is 4.17. The molecule has 1 aromatic carbocycles. The van der Waals surface area contributed by atoms with Crippen molar-refractivity contribution in [2.45, 2.75) is 4.90 Å². The first-order chi connectivity index (χ1) is 6.88. The third-order valence-corrected chi connectivity index (χ3v) is 5.96. The van der Waals surface area contributed by atoms with Crippen LogP contribution in [0.2, 0.25) is 0 Å². The van der Waals surface area contributed by atoms with Gasteiger partial charge in [-0.05, 0) is 56.8 Å². The molecule has 0 heterocycles. The molecule has 0 saturated carbocycles. The second-order valence-corrected chi connectivity index (χ2v) is 5.92. The Hall–Kier alpha value is -0.100. The maximum absolute atomic E-state index is 10.9. The first kappa shape index (κ1) is 13.0. The molecule has 0 atom stereocenters. The number of halogens is 2. The van der Waals surface area contributed by atoms with E-state index >= 15 is 0 Å². The lowest BCUT2D eigenvalue weighted by atomic mass is 10.3. The standard InChI is InChI=1S/C6H3I2N3O3S/c7-5-3(10-11-9)1-2-4(6(5)8)15(12,13)14/h1-2H,(H,12,13,14). The van der Waals surface area contributed by atoms with Crippen LogP contribution < -0.4 is 0 Å². The number of hydrogen-bond donors (Lipinski definition) is 1. The molecule has 0 saturated heterocycles. The van der Waals surface area contributed by atoms with E-state index in [2.05, 4.69) is 10.0 Å². The first-order valence-electron chi connectivity index (χ1n) is 3.38. The van der Waals surface area contributed by atoms with E-state index in [0.717, 1.165) is 0 Å². The minimum absolute atomic E-state index is 0.190. The molecule has 0 radical (unpaired) electrons. The van der Waals surface area contributed by atoms with E-state index in [0.29, 0.717) is 12.8 Å². The Morgan fingerprint density at radius 3 is 2.40 bits per heavy atom. The van der Waals surface area contributed by atoms with Gasteiger partial charge in [-0.2, -0.15) is 8.42 Å². The number of hydrogen-bond acceptors (Lipinski definition) is 3. The molecule has 0 amide bonds. The van der Waals surface area contributed by atoms with Crippen molar-refractivity contribution in [2.75, 3.05) is 0 Å². The van der Waals surface area contributed by atoms with Crippen molar-refractivity contribution in [2.24, 2.45) is 5.11 Å². The molecule has 0 unspecified atom stereocenters. The molecule has 6 nitrogen and oxygen atoms in total. The summed E-state index contributed by atoms with van der Waals surface area (Å²) in [5.41, 5.74) is 8.58. The lowest BCUT2D eigenvalue weighted by Crippen LogP contribution is -2.02. The number of nitrogens with zero attached hydrogens (tertiary/aromatic N) is 3. The summed E-state index contributed by atoms with van der Waals surface area (Å²) in [6.45, 7) is 0. The summed E-state index contributed by atoms with van der Waals surface area (Å²) in [5, 5.41) is 3.38. The summed E-state index contributed by atoms with van der Waals surface area (Å²) in [6.07, 6.45) is 0. The van der Waals surface area contributed by atoms with Crippen molar-refractivity contribution in [1.29, 1.82) is 0 Å². The van der Waals surface area contributed by atoms with E-state index in [1.165, 1.54) is 12.1 Å². The molecular weight excluding hydrogens is 448 g/mol. The average molecular weight is 451 g/mol. The predicted octanol–water partition coefficient (Wildman–Crippen LogP) is 3.08. The molecule has 9 heteroatoms. The Morgan fingerprint density at radius 1 is 1.33 bits per heavy atom. The van der Waals surface area contributed by atoms with Crippen molar-refractivity contribution in [3.05, 3.63) is 29.7 Å². The molecule has 1 N–H and O–H groups in total. The van der Waals surface area contributed by atoms with E-state index in [9.17, 15) is 8.42 Å². The van der Waals surface area contributed by atoms with Crippen LogP contribution in [0.5, 0.6) is 0 Å². The summed E-state index contributed by atoms with van der Waals surface area (Å²) < 4.78 is 31.5. The molecule has 15 heavy (non-hydrogen) atoms. The average Bonchev–Trinajstić information content (AvgIpc) is 2.11. The maximum atomic E-state index is 10.9. The van der Waals surface area contributed by atoms with E-state index in [1.54, 1.807) is 22.6 Å². The topological polar surface area (TPSA) is 103 Å². The lowest BCUT2D eigenvalue weighted by molar-refractivity contribution is 0.482. The second-order valence-electron chi connectivity index (χ2n) is 2.38. The fourth-order valence-corrected chi connectivity index (χ4v) is 3.47. The molecular formula is C6H3I2N3O3S. The highest BCUT2D eigenvalue weighted by atomic mass is 127. The van der Waals surface area contributed by atoms with Gasteiger partial charge in [-0.15, -0.1) is 0 Å². The van der Waals surface area contributed by atoms with Gasteiger partial charge in [0.25, 0.3) is 10.1 Å². The zero-order valence-electron chi connectivity index (χ0n) is 6.92. The fourth-order valence-electron chi connectivity index (χ4n) is 0.846. The Labute approximate surface area is 113 Å². The molecule has 0 spiro atoms. The van der Waals surface area contributed by atoms with Crippen LogP contribution in [-0.2, 0) is 10.1 Å². The third-order valence-electron chi connectivity index (χ3n) is 1.46. The number of benzene rings is 1. The van der Waals surface area contributed by atoms with E-state index in [-0.39, 0.29) is 4.90 Å². The van der Waals surface area contributed by atoms with Crippen LogP contribution in [-0.4, -0.2) is 13.0 Å². The molecule has 0 aliphatic carbocycles. The highest BCUT2D eigenvalue weighted by Crippen LogP contribution is 2.31. The minimum Gasteiger partial charge on any atom is -0.282 e. The molecule has 0 bridgehead atoms. The zero-order chi connectivity index (χ0) is 11.6. The molecule has 1 aromatic rings. The van der Waals surface area contributed by atoms with Crippen LogP contribution in [0.1, 0.15) is 0 Å². The van der Waals surface area contributed by atoms with Crippen molar-refractivity contribution >= 4 is 61.0 Å². The summed E-state index contributed by atoms with van der Waals surface area (Å²) in [6, 6.07) is 2.54. The van der Waals surface area contributed by atoms with Crippen LogP contribution in [0.25, 0.3) is 10.4 Å². The molecule has 0 aliphatic rings. The van der Waals surface area contributed by atoms with Gasteiger partial charge >= 0.3 is 0 Å². The second kappa shape index (κ2) is 4.82. The third kappa shape index (κ3) is 2.93. The van der Waals surface area contributed by atoms with Crippen molar-refractivity contribution < 1.29 is 13.0 Å². The molecule has 80 valence electrons. The van der Waals surface area contributed by atoms with Gasteiger partial charge in [0, 0.05) is 12.1 Å². The van der Waals surface area contributed by atoms with Crippen molar-refractivity contribution in [3.8, 4) is 0 Å². The fraction of sp³-hybridized carbons (Fsp3) is 0. The van der Waals surface area contributed by atoms with Gasteiger partial charge < -0.3 is 0 Å². The van der Waals surface area contributed by atoms with Gasteiger partial charge in [-0.1, -0.05) is 11.2 Å². The summed E-state index contributed by atoms with van der Waals surface area (Å²) in [7, 11) is -4.23. The van der Waals surface area contributed by atoms with E-state index < -0.39 is 10.1 Å². The maximum Gasteiger partial charge on any atom is 0.295 e. The van der Waals surface area contributed by atoms with Gasteiger partial charge in [-0.25, -0.2) is 0 Å². The molecule has 1 rings (SSSR count). The first-order valence-corrected chi connectivity index (χ1v) is 6.98. The van der Waals surface area contributed by atoms with Gasteiger partial charge in [0.15, 0.2) is 0 Å².